The van der Waals surface area contributed by atoms with E-state index in [2.05, 4.69) is 10.3 Å². The highest BCUT2D eigenvalue weighted by molar-refractivity contribution is 7.99. The van der Waals surface area contributed by atoms with E-state index in [1.54, 1.807) is 11.5 Å². The van der Waals surface area contributed by atoms with Gasteiger partial charge >= 0.3 is 5.97 Å². The van der Waals surface area contributed by atoms with Crippen LogP contribution in [-0.2, 0) is 9.53 Å². The molecule has 5 aromatic rings. The van der Waals surface area contributed by atoms with Crippen molar-refractivity contribution in [3.63, 3.8) is 0 Å². The molecule has 1 amide bonds. The number of fused-ring (bicyclic) bond motifs is 1. The lowest BCUT2D eigenvalue weighted by atomic mass is 10.0. The molecule has 0 aliphatic carbocycles. The minimum Gasteiger partial charge on any atom is -0.461 e. The molecule has 0 aliphatic rings. The van der Waals surface area contributed by atoms with E-state index in [4.69, 9.17) is 9.72 Å². The summed E-state index contributed by atoms with van der Waals surface area (Å²) in [5, 5.41) is 4.06. The summed E-state index contributed by atoms with van der Waals surface area (Å²) in [4.78, 5) is 50.8. The number of nitrogens with zero attached hydrogens (tertiary/aromatic N) is 3. The maximum atomic E-state index is 14.1. The predicted octanol–water partition coefficient (Wildman–Crippen LogP) is 6.73. The van der Waals surface area contributed by atoms with Crippen LogP contribution in [0.2, 0.25) is 0 Å². The summed E-state index contributed by atoms with van der Waals surface area (Å²) in [5.74, 6) is -0.634. The molecule has 2 aromatic carbocycles. The van der Waals surface area contributed by atoms with E-state index in [0.717, 1.165) is 16.0 Å². The van der Waals surface area contributed by atoms with Gasteiger partial charge in [0.2, 0.25) is 5.91 Å². The number of anilines is 1. The van der Waals surface area contributed by atoms with Crippen molar-refractivity contribution in [3.8, 4) is 16.8 Å². The summed E-state index contributed by atoms with van der Waals surface area (Å²) < 4.78 is 6.85. The third-order valence-corrected chi connectivity index (χ3v) is 8.89. The third kappa shape index (κ3) is 6.27. The molecule has 0 radical (unpaired) electrons. The number of amides is 1. The largest absolute Gasteiger partial charge is 0.461 e. The first-order valence-corrected chi connectivity index (χ1v) is 15.6. The van der Waals surface area contributed by atoms with Crippen LogP contribution in [0.1, 0.15) is 34.1 Å². The van der Waals surface area contributed by atoms with Crippen molar-refractivity contribution in [2.45, 2.75) is 32.9 Å². The first-order chi connectivity index (χ1) is 19.7. The smallest absolute Gasteiger partial charge is 0.358 e. The number of carbonyl (C=O) groups is 2. The second-order valence-electron chi connectivity index (χ2n) is 9.70. The number of thioether (sulfide) groups is 1. The van der Waals surface area contributed by atoms with Gasteiger partial charge in [0.25, 0.3) is 5.56 Å². The van der Waals surface area contributed by atoms with Crippen molar-refractivity contribution >= 4 is 61.7 Å². The Morgan fingerprint density at radius 1 is 0.976 bits per heavy atom. The fraction of sp³-hybridized carbons (Fsp3) is 0.233. The van der Waals surface area contributed by atoms with E-state index < -0.39 is 5.97 Å². The van der Waals surface area contributed by atoms with Crippen molar-refractivity contribution in [1.29, 1.82) is 0 Å². The average Bonchev–Trinajstić information content (AvgIpc) is 3.49. The number of thiazole rings is 1. The van der Waals surface area contributed by atoms with Crippen LogP contribution >= 0.6 is 34.4 Å². The average molecular weight is 605 g/mol. The zero-order valence-electron chi connectivity index (χ0n) is 23.0. The van der Waals surface area contributed by atoms with Gasteiger partial charge in [-0.05, 0) is 37.5 Å². The molecule has 0 fully saturated rings. The Morgan fingerprint density at radius 3 is 2.34 bits per heavy atom. The second-order valence-corrected chi connectivity index (χ2v) is 13.1. The Labute approximate surface area is 249 Å². The molecular formula is C30H28N4O4S3. The molecule has 0 bridgehead atoms. The van der Waals surface area contributed by atoms with Gasteiger partial charge in [0, 0.05) is 15.3 Å². The number of hydrogen-bond donors (Lipinski definition) is 1. The van der Waals surface area contributed by atoms with Gasteiger partial charge in [0.05, 0.1) is 23.4 Å². The van der Waals surface area contributed by atoms with E-state index >= 15 is 0 Å². The van der Waals surface area contributed by atoms with Crippen molar-refractivity contribution in [1.82, 2.24) is 14.5 Å². The fourth-order valence-corrected chi connectivity index (χ4v) is 6.95. The van der Waals surface area contributed by atoms with E-state index in [1.165, 1.54) is 34.4 Å². The summed E-state index contributed by atoms with van der Waals surface area (Å²) in [5.41, 5.74) is 2.51. The summed E-state index contributed by atoms with van der Waals surface area (Å²) in [6.07, 6.45) is 0. The first-order valence-electron chi connectivity index (χ1n) is 13.0. The highest BCUT2D eigenvalue weighted by Gasteiger charge is 2.22. The van der Waals surface area contributed by atoms with Crippen LogP contribution in [-0.4, -0.2) is 38.8 Å². The molecule has 210 valence electrons. The van der Waals surface area contributed by atoms with Gasteiger partial charge in [-0.1, -0.05) is 74.1 Å². The van der Waals surface area contributed by atoms with Crippen molar-refractivity contribution in [3.05, 3.63) is 86.5 Å². The van der Waals surface area contributed by atoms with Crippen LogP contribution in [0.4, 0.5) is 5.13 Å². The minimum absolute atomic E-state index is 0.00750. The number of rotatable bonds is 9. The van der Waals surface area contributed by atoms with Crippen LogP contribution in [0, 0.1) is 19.8 Å². The lowest BCUT2D eigenvalue weighted by molar-refractivity contribution is -0.113. The quantitative estimate of drug-likeness (QED) is 0.113. The predicted molar refractivity (Wildman–Crippen MR) is 167 cm³/mol. The maximum absolute atomic E-state index is 14.1. The Morgan fingerprint density at radius 2 is 1.66 bits per heavy atom. The van der Waals surface area contributed by atoms with Crippen LogP contribution in [0.5, 0.6) is 0 Å². The van der Waals surface area contributed by atoms with Crippen LogP contribution in [0.15, 0.2) is 70.6 Å². The summed E-state index contributed by atoms with van der Waals surface area (Å²) in [6.45, 7) is 7.96. The minimum atomic E-state index is -0.507. The monoisotopic (exact) mass is 604 g/mol. The van der Waals surface area contributed by atoms with Gasteiger partial charge in [0.1, 0.15) is 4.83 Å². The normalized spacial score (nSPS) is 11.2. The molecule has 0 saturated heterocycles. The summed E-state index contributed by atoms with van der Waals surface area (Å²) in [6, 6.07) is 19.1. The molecular weight excluding hydrogens is 577 g/mol. The number of carbonyl (C=O) groups excluding carboxylic acids is 2. The number of aryl methyl sites for hydroxylation is 2. The molecule has 0 saturated carbocycles. The van der Waals surface area contributed by atoms with Crippen LogP contribution in [0.25, 0.3) is 27.0 Å². The molecule has 3 heterocycles. The summed E-state index contributed by atoms with van der Waals surface area (Å²) >= 11 is 3.85. The van der Waals surface area contributed by atoms with Gasteiger partial charge in [-0.3, -0.25) is 14.2 Å². The van der Waals surface area contributed by atoms with Gasteiger partial charge in [-0.25, -0.2) is 14.8 Å². The molecule has 0 aliphatic heterocycles. The Bertz CT molecular complexity index is 1780. The third-order valence-electron chi connectivity index (χ3n) is 6.06. The Balaban J connectivity index is 1.43. The molecule has 0 atom stereocenters. The highest BCUT2D eigenvalue weighted by atomic mass is 32.2. The standard InChI is InChI=1S/C30H28N4O4S3/c1-17(2)15-38-28(37)25-19(4)41-29(32-25)31-22(35)16-39-30-33-26-24(27(36)34(30)21-13-9-6-10-14-21)23(18(3)40-26)20-11-7-5-8-12-20/h5-14,17H,15-16H2,1-4H3,(H,31,32,35). The second kappa shape index (κ2) is 12.4. The SMILES string of the molecule is Cc1sc(NC(=O)CSc2nc3sc(C)c(-c4ccccc4)c3c(=O)n2-c2ccccc2)nc1C(=O)OCC(C)C. The highest BCUT2D eigenvalue weighted by Crippen LogP contribution is 2.37. The molecule has 0 spiro atoms. The van der Waals surface area contributed by atoms with Crippen molar-refractivity contribution < 1.29 is 14.3 Å². The topological polar surface area (TPSA) is 103 Å². The lowest BCUT2D eigenvalue weighted by Gasteiger charge is -2.12. The number of thiophene rings is 1. The van der Waals surface area contributed by atoms with E-state index in [1.807, 2.05) is 81.4 Å². The zero-order valence-corrected chi connectivity index (χ0v) is 25.4. The van der Waals surface area contributed by atoms with Crippen molar-refractivity contribution in [2.24, 2.45) is 5.92 Å². The van der Waals surface area contributed by atoms with Gasteiger partial charge in [-0.2, -0.15) is 0 Å². The van der Waals surface area contributed by atoms with Gasteiger partial charge in [-0.15, -0.1) is 22.7 Å². The molecule has 41 heavy (non-hydrogen) atoms. The Kier molecular flexibility index (Phi) is 8.67. The number of benzene rings is 2. The Hall–Kier alpha value is -3.80. The molecule has 1 N–H and O–H groups in total. The maximum Gasteiger partial charge on any atom is 0.358 e. The number of hydrogen-bond acceptors (Lipinski definition) is 9. The van der Waals surface area contributed by atoms with E-state index in [0.29, 0.717) is 37.7 Å². The number of esters is 1. The molecule has 8 nitrogen and oxygen atoms in total. The number of ether oxygens (including phenoxy) is 1. The van der Waals surface area contributed by atoms with E-state index in [-0.39, 0.29) is 28.8 Å². The number of para-hydroxylation sites is 1. The molecule has 11 heteroatoms. The summed E-state index contributed by atoms with van der Waals surface area (Å²) in [7, 11) is 0. The molecule has 5 rings (SSSR count). The first kappa shape index (κ1) is 28.7. The van der Waals surface area contributed by atoms with Crippen LogP contribution < -0.4 is 10.9 Å². The van der Waals surface area contributed by atoms with E-state index in [9.17, 15) is 14.4 Å². The lowest BCUT2D eigenvalue weighted by Crippen LogP contribution is -2.22. The number of nitrogens with one attached hydrogen (secondary N) is 1. The van der Waals surface area contributed by atoms with Gasteiger partial charge < -0.3 is 10.1 Å². The zero-order chi connectivity index (χ0) is 29.1. The molecule has 3 aromatic heterocycles. The van der Waals surface area contributed by atoms with Gasteiger partial charge in [0.15, 0.2) is 16.0 Å². The molecule has 0 unspecified atom stereocenters. The number of aromatic nitrogens is 3. The fourth-order valence-electron chi connectivity index (χ4n) is 4.23. The van der Waals surface area contributed by atoms with Crippen molar-refractivity contribution in [2.75, 3.05) is 17.7 Å². The van der Waals surface area contributed by atoms with Crippen LogP contribution in [0.3, 0.4) is 0 Å².